The Morgan fingerprint density at radius 2 is 1.92 bits per heavy atom. The van der Waals surface area contributed by atoms with Crippen LogP contribution in [0.2, 0.25) is 0 Å². The molecule has 1 aliphatic rings. The monoisotopic (exact) mass is 169 g/mol. The molecule has 0 saturated heterocycles. The lowest BCUT2D eigenvalue weighted by Crippen LogP contribution is -2.47. The van der Waals surface area contributed by atoms with Crippen LogP contribution in [0.4, 0.5) is 0 Å². The highest BCUT2D eigenvalue weighted by Crippen LogP contribution is 2.36. The van der Waals surface area contributed by atoms with Gasteiger partial charge in [0, 0.05) is 5.57 Å². The molecule has 0 spiro atoms. The second-order valence-electron chi connectivity index (χ2n) is 4.24. The third-order valence-electron chi connectivity index (χ3n) is 2.42. The summed E-state index contributed by atoms with van der Waals surface area (Å²) in [5.41, 5.74) is -0.375. The van der Waals surface area contributed by atoms with Gasteiger partial charge in [-0.3, -0.25) is 4.79 Å². The molecule has 3 nitrogen and oxygen atoms in total. The number of carbonyl (C=O) groups is 1. The highest BCUT2D eigenvalue weighted by molar-refractivity contribution is 5.78. The van der Waals surface area contributed by atoms with Gasteiger partial charge in [0.25, 0.3) is 0 Å². The van der Waals surface area contributed by atoms with E-state index < -0.39 is 11.1 Å². The number of hydroxylamine groups is 2. The Morgan fingerprint density at radius 3 is 2.08 bits per heavy atom. The van der Waals surface area contributed by atoms with Crippen molar-refractivity contribution >= 4 is 6.29 Å². The summed E-state index contributed by atoms with van der Waals surface area (Å²) in [5, 5.41) is 10.9. The summed E-state index contributed by atoms with van der Waals surface area (Å²) in [6.45, 7) is 7.38. The van der Waals surface area contributed by atoms with Crippen LogP contribution in [0.25, 0.3) is 0 Å². The van der Waals surface area contributed by atoms with Crippen LogP contribution >= 0.6 is 0 Å². The smallest absolute Gasteiger partial charge is 0.147 e. The van der Waals surface area contributed by atoms with Gasteiger partial charge in [-0.25, -0.2) is 0 Å². The molecule has 1 rings (SSSR count). The zero-order chi connectivity index (χ0) is 9.57. The van der Waals surface area contributed by atoms with Crippen LogP contribution in [0.1, 0.15) is 27.7 Å². The molecule has 12 heavy (non-hydrogen) atoms. The van der Waals surface area contributed by atoms with Crippen molar-refractivity contribution in [1.82, 2.24) is 5.06 Å². The maximum Gasteiger partial charge on any atom is 0.147 e. The second-order valence-corrected chi connectivity index (χ2v) is 4.24. The quantitative estimate of drug-likeness (QED) is 0.603. The van der Waals surface area contributed by atoms with Gasteiger partial charge in [0.1, 0.15) is 6.29 Å². The number of rotatable bonds is 1. The van der Waals surface area contributed by atoms with Crippen molar-refractivity contribution in [2.45, 2.75) is 38.8 Å². The molecule has 0 amide bonds. The van der Waals surface area contributed by atoms with E-state index >= 15 is 0 Å². The lowest BCUT2D eigenvalue weighted by Gasteiger charge is -2.35. The van der Waals surface area contributed by atoms with Gasteiger partial charge in [0.15, 0.2) is 0 Å². The molecule has 0 aromatic heterocycles. The molecule has 0 atom stereocenters. The summed E-state index contributed by atoms with van der Waals surface area (Å²) >= 11 is 0. The van der Waals surface area contributed by atoms with Crippen molar-refractivity contribution in [1.29, 1.82) is 0 Å². The molecule has 0 aliphatic carbocycles. The van der Waals surface area contributed by atoms with Gasteiger partial charge in [-0.2, -0.15) is 5.06 Å². The van der Waals surface area contributed by atoms with Crippen LogP contribution < -0.4 is 0 Å². The summed E-state index contributed by atoms with van der Waals surface area (Å²) in [6.07, 6.45) is 2.60. The minimum absolute atomic E-state index is 0.445. The van der Waals surface area contributed by atoms with Crippen LogP contribution in [-0.2, 0) is 4.79 Å². The Bertz CT molecular complexity index is 241. The molecule has 0 aromatic rings. The van der Waals surface area contributed by atoms with E-state index in [1.165, 1.54) is 5.06 Å². The third-order valence-corrected chi connectivity index (χ3v) is 2.42. The molecule has 1 N–H and O–H groups in total. The minimum atomic E-state index is -0.564. The lowest BCUT2D eigenvalue weighted by atomic mass is 9.98. The summed E-state index contributed by atoms with van der Waals surface area (Å²) in [7, 11) is 0. The molecule has 0 saturated carbocycles. The Hall–Kier alpha value is -0.670. The first-order valence-electron chi connectivity index (χ1n) is 4.00. The number of hydrogen-bond donors (Lipinski definition) is 1. The normalized spacial score (nSPS) is 26.9. The standard InChI is InChI=1S/C9H15NO2/c1-8(2)5-7(6-11)9(3,4)10(8)12/h5-6,12H,1-4H3. The van der Waals surface area contributed by atoms with Crippen LogP contribution in [-0.4, -0.2) is 27.6 Å². The van der Waals surface area contributed by atoms with Crippen molar-refractivity contribution in [3.8, 4) is 0 Å². The highest BCUT2D eigenvalue weighted by Gasteiger charge is 2.44. The summed E-state index contributed by atoms with van der Waals surface area (Å²) in [4.78, 5) is 10.7. The molecular weight excluding hydrogens is 154 g/mol. The van der Waals surface area contributed by atoms with E-state index in [1.54, 1.807) is 6.08 Å². The molecule has 0 bridgehead atoms. The number of nitrogens with zero attached hydrogens (tertiary/aromatic N) is 1. The molecule has 3 heteroatoms. The molecule has 0 radical (unpaired) electrons. The molecule has 0 fully saturated rings. The van der Waals surface area contributed by atoms with Crippen molar-refractivity contribution in [2.75, 3.05) is 0 Å². The summed E-state index contributed by atoms with van der Waals surface area (Å²) in [5.74, 6) is 0. The number of carbonyl (C=O) groups excluding carboxylic acids is 1. The predicted octanol–water partition coefficient (Wildman–Crippen LogP) is 1.37. The topological polar surface area (TPSA) is 40.5 Å². The van der Waals surface area contributed by atoms with Crippen LogP contribution in [0.15, 0.2) is 11.6 Å². The lowest BCUT2D eigenvalue weighted by molar-refractivity contribution is -0.185. The molecule has 0 unspecified atom stereocenters. The fraction of sp³-hybridized carbons (Fsp3) is 0.667. The van der Waals surface area contributed by atoms with E-state index in [1.807, 2.05) is 27.7 Å². The largest absolute Gasteiger partial charge is 0.312 e. The minimum Gasteiger partial charge on any atom is -0.312 e. The average molecular weight is 169 g/mol. The van der Waals surface area contributed by atoms with E-state index in [2.05, 4.69) is 0 Å². The molecule has 1 aliphatic heterocycles. The van der Waals surface area contributed by atoms with E-state index in [0.29, 0.717) is 5.57 Å². The van der Waals surface area contributed by atoms with E-state index in [-0.39, 0.29) is 0 Å². The van der Waals surface area contributed by atoms with Gasteiger partial charge in [0.2, 0.25) is 0 Å². The van der Waals surface area contributed by atoms with Gasteiger partial charge in [-0.15, -0.1) is 0 Å². The highest BCUT2D eigenvalue weighted by atomic mass is 16.5. The molecular formula is C9H15NO2. The Balaban J connectivity index is 3.12. The van der Waals surface area contributed by atoms with Crippen molar-refractivity contribution in [2.24, 2.45) is 0 Å². The van der Waals surface area contributed by atoms with Crippen molar-refractivity contribution < 1.29 is 10.0 Å². The molecule has 68 valence electrons. The maximum absolute atomic E-state index is 10.7. The van der Waals surface area contributed by atoms with E-state index in [0.717, 1.165) is 6.29 Å². The first-order chi connectivity index (χ1) is 5.32. The summed E-state index contributed by atoms with van der Waals surface area (Å²) in [6, 6.07) is 0. The number of hydrogen-bond acceptors (Lipinski definition) is 3. The van der Waals surface area contributed by atoms with Crippen molar-refractivity contribution in [3.05, 3.63) is 11.6 Å². The van der Waals surface area contributed by atoms with Crippen LogP contribution in [0.3, 0.4) is 0 Å². The zero-order valence-electron chi connectivity index (χ0n) is 7.96. The van der Waals surface area contributed by atoms with Gasteiger partial charge >= 0.3 is 0 Å². The Kier molecular flexibility index (Phi) is 1.89. The first-order valence-corrected chi connectivity index (χ1v) is 4.00. The SMILES string of the molecule is CC1(C)C=C(C=O)C(C)(C)N1O. The first kappa shape index (κ1) is 9.42. The Labute approximate surface area is 72.6 Å². The van der Waals surface area contributed by atoms with E-state index in [4.69, 9.17) is 0 Å². The van der Waals surface area contributed by atoms with Crippen LogP contribution in [0, 0.1) is 0 Å². The van der Waals surface area contributed by atoms with Crippen LogP contribution in [0.5, 0.6) is 0 Å². The Morgan fingerprint density at radius 1 is 1.42 bits per heavy atom. The van der Waals surface area contributed by atoms with Gasteiger partial charge in [-0.05, 0) is 27.7 Å². The fourth-order valence-corrected chi connectivity index (χ4v) is 1.64. The molecule has 1 heterocycles. The second kappa shape index (κ2) is 2.41. The van der Waals surface area contributed by atoms with Gasteiger partial charge < -0.3 is 5.21 Å². The summed E-state index contributed by atoms with van der Waals surface area (Å²) < 4.78 is 0. The maximum atomic E-state index is 10.7. The van der Waals surface area contributed by atoms with Gasteiger partial charge in [-0.1, -0.05) is 6.08 Å². The van der Waals surface area contributed by atoms with Gasteiger partial charge in [0.05, 0.1) is 11.1 Å². The van der Waals surface area contributed by atoms with E-state index in [9.17, 15) is 10.0 Å². The average Bonchev–Trinajstić information content (AvgIpc) is 2.11. The zero-order valence-corrected chi connectivity index (χ0v) is 7.96. The molecule has 0 aromatic carbocycles. The third kappa shape index (κ3) is 1.09. The van der Waals surface area contributed by atoms with Crippen molar-refractivity contribution in [3.63, 3.8) is 0 Å². The number of aldehydes is 1. The predicted molar refractivity (Wildman–Crippen MR) is 45.9 cm³/mol. The fourth-order valence-electron chi connectivity index (χ4n) is 1.64.